The van der Waals surface area contributed by atoms with E-state index in [1.165, 1.54) is 30.3 Å². The van der Waals surface area contributed by atoms with Crippen LogP contribution in [0.2, 0.25) is 0 Å². The Morgan fingerprint density at radius 3 is 2.10 bits per heavy atom. The highest BCUT2D eigenvalue weighted by molar-refractivity contribution is 9.10. The zero-order valence-corrected chi connectivity index (χ0v) is 16.2. The molecule has 2 rings (SSSR count). The van der Waals surface area contributed by atoms with Crippen LogP contribution >= 0.6 is 15.9 Å². The number of nitrogens with one attached hydrogen (secondary N) is 1. The molecule has 0 aliphatic heterocycles. The molecule has 0 saturated carbocycles. The van der Waals surface area contributed by atoms with Crippen LogP contribution in [-0.2, 0) is 0 Å². The van der Waals surface area contributed by atoms with E-state index in [2.05, 4.69) is 26.0 Å². The molecule has 0 radical (unpaired) electrons. The predicted molar refractivity (Wildman–Crippen MR) is 94.9 cm³/mol. The molecule has 0 heterocycles. The number of carbonyl (C=O) groups excluding carboxylic acids is 1. The number of alkyl halides is 8. The van der Waals surface area contributed by atoms with Gasteiger partial charge in [-0.05, 0) is 36.4 Å². The molecule has 0 aliphatic rings. The van der Waals surface area contributed by atoms with Crippen LogP contribution in [0, 0.1) is 0 Å². The van der Waals surface area contributed by atoms with Gasteiger partial charge in [0.25, 0.3) is 5.91 Å². The third-order valence-corrected chi connectivity index (χ3v) is 4.33. The molecule has 0 unspecified atom stereocenters. The number of amides is 1. The van der Waals surface area contributed by atoms with Gasteiger partial charge in [0.05, 0.1) is 5.69 Å². The standard InChI is InChI=1S/C18H12BrF8NO2/c19-11-7-5-10(6-8-11)14(29)28-12-3-1-2-4-13(12)30-9-16(22,23)18(26,27)17(24,25)15(20)21/h1-8,15H,9H2,(H,28,29). The van der Waals surface area contributed by atoms with Crippen LogP contribution in [0.25, 0.3) is 0 Å². The Balaban J connectivity index is 2.18. The van der Waals surface area contributed by atoms with E-state index in [-0.39, 0.29) is 11.3 Å². The molecule has 0 atom stereocenters. The van der Waals surface area contributed by atoms with Crippen molar-refractivity contribution in [3.8, 4) is 5.75 Å². The highest BCUT2D eigenvalue weighted by Crippen LogP contribution is 2.48. The average molecular weight is 506 g/mol. The fourth-order valence-electron chi connectivity index (χ4n) is 2.13. The molecule has 1 amide bonds. The Kier molecular flexibility index (Phi) is 7.00. The molecule has 1 N–H and O–H groups in total. The third kappa shape index (κ3) is 4.85. The molecule has 3 nitrogen and oxygen atoms in total. The molecule has 0 saturated heterocycles. The van der Waals surface area contributed by atoms with Crippen LogP contribution in [0.3, 0.4) is 0 Å². The highest BCUT2D eigenvalue weighted by Gasteiger charge is 2.75. The van der Waals surface area contributed by atoms with Crippen molar-refractivity contribution < 1.29 is 44.7 Å². The van der Waals surface area contributed by atoms with E-state index in [0.717, 1.165) is 6.07 Å². The maximum Gasteiger partial charge on any atom is 0.381 e. The summed E-state index contributed by atoms with van der Waals surface area (Å²) in [5, 5.41) is 2.29. The fraction of sp³-hybridized carbons (Fsp3) is 0.278. The maximum atomic E-state index is 13.7. The van der Waals surface area contributed by atoms with Crippen molar-refractivity contribution in [2.75, 3.05) is 11.9 Å². The zero-order chi connectivity index (χ0) is 22.7. The van der Waals surface area contributed by atoms with Gasteiger partial charge >= 0.3 is 24.2 Å². The first kappa shape index (κ1) is 23.9. The second-order valence-corrected chi connectivity index (χ2v) is 6.86. The van der Waals surface area contributed by atoms with Gasteiger partial charge < -0.3 is 10.1 Å². The monoisotopic (exact) mass is 505 g/mol. The van der Waals surface area contributed by atoms with Crippen molar-refractivity contribution >= 4 is 27.5 Å². The lowest BCUT2D eigenvalue weighted by Gasteiger charge is -2.32. The number of hydrogen-bond donors (Lipinski definition) is 1. The maximum absolute atomic E-state index is 13.7. The van der Waals surface area contributed by atoms with Crippen molar-refractivity contribution in [3.63, 3.8) is 0 Å². The first-order valence-electron chi connectivity index (χ1n) is 8.00. The van der Waals surface area contributed by atoms with E-state index in [1.807, 2.05) is 0 Å². The van der Waals surface area contributed by atoms with Crippen LogP contribution in [-0.4, -0.2) is 36.7 Å². The smallest absolute Gasteiger partial charge is 0.381 e. The Morgan fingerprint density at radius 1 is 0.967 bits per heavy atom. The largest absolute Gasteiger partial charge is 0.485 e. The van der Waals surface area contributed by atoms with Gasteiger partial charge in [0.2, 0.25) is 0 Å². The van der Waals surface area contributed by atoms with Gasteiger partial charge in [-0.2, -0.15) is 26.3 Å². The number of benzene rings is 2. The van der Waals surface area contributed by atoms with E-state index in [1.54, 1.807) is 12.1 Å². The lowest BCUT2D eigenvalue weighted by Crippen LogP contribution is -2.59. The van der Waals surface area contributed by atoms with Crippen molar-refractivity contribution in [3.05, 3.63) is 58.6 Å². The second kappa shape index (κ2) is 8.78. The number of para-hydroxylation sites is 2. The van der Waals surface area contributed by atoms with Crippen molar-refractivity contribution in [1.29, 1.82) is 0 Å². The van der Waals surface area contributed by atoms with E-state index in [0.29, 0.717) is 4.47 Å². The van der Waals surface area contributed by atoms with Gasteiger partial charge in [-0.15, -0.1) is 0 Å². The van der Waals surface area contributed by atoms with Gasteiger partial charge in [-0.1, -0.05) is 28.1 Å². The number of rotatable bonds is 8. The van der Waals surface area contributed by atoms with E-state index in [9.17, 15) is 39.9 Å². The molecule has 30 heavy (non-hydrogen) atoms. The highest BCUT2D eigenvalue weighted by atomic mass is 79.9. The van der Waals surface area contributed by atoms with Crippen molar-refractivity contribution in [2.24, 2.45) is 0 Å². The minimum absolute atomic E-state index is 0.154. The molecule has 0 fully saturated rings. The minimum Gasteiger partial charge on any atom is -0.485 e. The van der Waals surface area contributed by atoms with Crippen molar-refractivity contribution in [2.45, 2.75) is 24.2 Å². The summed E-state index contributed by atoms with van der Waals surface area (Å²) in [5.41, 5.74) is -0.0772. The first-order chi connectivity index (χ1) is 13.8. The molecule has 12 heteroatoms. The molecular weight excluding hydrogens is 494 g/mol. The number of carbonyl (C=O) groups is 1. The molecule has 2 aromatic rings. The second-order valence-electron chi connectivity index (χ2n) is 5.95. The molecule has 0 spiro atoms. The molecule has 0 aliphatic carbocycles. The molecule has 0 aromatic heterocycles. The summed E-state index contributed by atoms with van der Waals surface area (Å²) < 4.78 is 109. The summed E-state index contributed by atoms with van der Waals surface area (Å²) in [6.45, 7) is -2.34. The number of ether oxygens (including phenoxy) is 1. The zero-order valence-electron chi connectivity index (χ0n) is 14.6. The third-order valence-electron chi connectivity index (χ3n) is 3.80. The Morgan fingerprint density at radius 2 is 1.53 bits per heavy atom. The number of halogens is 9. The summed E-state index contributed by atoms with van der Waals surface area (Å²) in [6, 6.07) is 10.7. The summed E-state index contributed by atoms with van der Waals surface area (Å²) >= 11 is 3.17. The molecule has 164 valence electrons. The minimum atomic E-state index is -6.39. The normalized spacial score (nSPS) is 12.7. The number of hydrogen-bond acceptors (Lipinski definition) is 2. The predicted octanol–water partition coefficient (Wildman–Crippen LogP) is 6.25. The quantitative estimate of drug-likeness (QED) is 0.430. The summed E-state index contributed by atoms with van der Waals surface area (Å²) in [7, 11) is 0. The molecule has 0 bridgehead atoms. The Labute approximate surface area is 173 Å². The van der Waals surface area contributed by atoms with Gasteiger partial charge in [0, 0.05) is 10.0 Å². The summed E-state index contributed by atoms with van der Waals surface area (Å²) in [6.07, 6.45) is -5.02. The number of anilines is 1. The Bertz CT molecular complexity index is 890. The van der Waals surface area contributed by atoms with Gasteiger partial charge in [0.15, 0.2) is 6.61 Å². The van der Waals surface area contributed by atoms with Gasteiger partial charge in [-0.3, -0.25) is 4.79 Å². The van der Waals surface area contributed by atoms with Gasteiger partial charge in [0.1, 0.15) is 5.75 Å². The lowest BCUT2D eigenvalue weighted by atomic mass is 10.1. The van der Waals surface area contributed by atoms with Crippen LogP contribution < -0.4 is 10.1 Å². The summed E-state index contributed by atoms with van der Waals surface area (Å²) in [5.74, 6) is -19.6. The van der Waals surface area contributed by atoms with Crippen LogP contribution in [0.15, 0.2) is 53.0 Å². The van der Waals surface area contributed by atoms with Gasteiger partial charge in [-0.25, -0.2) is 8.78 Å². The molecule has 2 aromatic carbocycles. The SMILES string of the molecule is O=C(Nc1ccccc1OCC(F)(F)C(F)(F)C(F)(F)C(F)F)c1ccc(Br)cc1. The van der Waals surface area contributed by atoms with E-state index < -0.39 is 42.5 Å². The average Bonchev–Trinajstić information content (AvgIpc) is 2.67. The summed E-state index contributed by atoms with van der Waals surface area (Å²) in [4.78, 5) is 12.2. The van der Waals surface area contributed by atoms with Crippen molar-refractivity contribution in [1.82, 2.24) is 0 Å². The molecular formula is C18H12BrF8NO2. The van der Waals surface area contributed by atoms with Crippen LogP contribution in [0.1, 0.15) is 10.4 Å². The van der Waals surface area contributed by atoms with Crippen LogP contribution in [0.4, 0.5) is 40.8 Å². The van der Waals surface area contributed by atoms with E-state index in [4.69, 9.17) is 0 Å². The Hall–Kier alpha value is -2.37. The van der Waals surface area contributed by atoms with E-state index >= 15 is 0 Å². The topological polar surface area (TPSA) is 38.3 Å². The fourth-order valence-corrected chi connectivity index (χ4v) is 2.40. The lowest BCUT2D eigenvalue weighted by molar-refractivity contribution is -0.342. The van der Waals surface area contributed by atoms with Crippen LogP contribution in [0.5, 0.6) is 5.75 Å². The first-order valence-corrected chi connectivity index (χ1v) is 8.79.